The largest absolute Gasteiger partial charge is 0.463 e. The van der Waals surface area contributed by atoms with Gasteiger partial charge in [-0.15, -0.1) is 0 Å². The molecule has 1 aliphatic rings. The molecule has 0 amide bonds. The molecule has 2 rings (SSSR count). The predicted molar refractivity (Wildman–Crippen MR) is 68.7 cm³/mol. The highest BCUT2D eigenvalue weighted by Crippen LogP contribution is 2.31. The highest BCUT2D eigenvalue weighted by atomic mass is 19.4. The molecule has 1 aliphatic heterocycles. The number of esters is 1. The van der Waals surface area contributed by atoms with E-state index in [0.29, 0.717) is 11.3 Å². The van der Waals surface area contributed by atoms with Crippen molar-refractivity contribution < 1.29 is 27.5 Å². The molecule has 0 bridgehead atoms. The number of hydrogen-bond donors (Lipinski definition) is 0. The predicted octanol–water partition coefficient (Wildman–Crippen LogP) is 3.15. The van der Waals surface area contributed by atoms with Gasteiger partial charge in [0.15, 0.2) is 0 Å². The average Bonchev–Trinajstić information content (AvgIpc) is 2.82. The first-order valence-electron chi connectivity index (χ1n) is 6.36. The van der Waals surface area contributed by atoms with Crippen molar-refractivity contribution in [1.29, 1.82) is 0 Å². The number of oxime groups is 1. The quantitative estimate of drug-likeness (QED) is 0.806. The zero-order valence-electron chi connectivity index (χ0n) is 11.5. The lowest BCUT2D eigenvalue weighted by Crippen LogP contribution is -2.37. The van der Waals surface area contributed by atoms with Gasteiger partial charge in [-0.2, -0.15) is 13.2 Å². The van der Waals surface area contributed by atoms with Crippen LogP contribution < -0.4 is 0 Å². The van der Waals surface area contributed by atoms with Crippen LogP contribution in [0.5, 0.6) is 0 Å². The van der Waals surface area contributed by atoms with Gasteiger partial charge < -0.3 is 9.57 Å². The van der Waals surface area contributed by atoms with Crippen LogP contribution in [0.25, 0.3) is 0 Å². The topological polar surface area (TPSA) is 47.9 Å². The summed E-state index contributed by atoms with van der Waals surface area (Å²) in [7, 11) is 0. The minimum atomic E-state index is -4.38. The van der Waals surface area contributed by atoms with Gasteiger partial charge in [-0.3, -0.25) is 0 Å². The van der Waals surface area contributed by atoms with Crippen molar-refractivity contribution >= 4 is 11.7 Å². The zero-order chi connectivity index (χ0) is 15.7. The van der Waals surface area contributed by atoms with E-state index >= 15 is 0 Å². The first-order chi connectivity index (χ1) is 9.76. The van der Waals surface area contributed by atoms with Crippen molar-refractivity contribution in [3.8, 4) is 0 Å². The molecule has 4 nitrogen and oxygen atoms in total. The molecule has 0 aliphatic carbocycles. The summed E-state index contributed by atoms with van der Waals surface area (Å²) in [6.07, 6.45) is -4.23. The first kappa shape index (κ1) is 15.3. The summed E-state index contributed by atoms with van der Waals surface area (Å²) in [5.74, 6) is -0.546. The van der Waals surface area contributed by atoms with Crippen molar-refractivity contribution in [2.75, 3.05) is 6.61 Å². The van der Waals surface area contributed by atoms with E-state index in [9.17, 15) is 18.0 Å². The Hall–Kier alpha value is -2.05. The van der Waals surface area contributed by atoms with Gasteiger partial charge in [-0.25, -0.2) is 4.79 Å². The Bertz CT molecular complexity index is 566. The SMILES string of the molecule is CCOC(=O)C1(C)CC(c2ccc(C(F)(F)F)cc2)=NO1. The van der Waals surface area contributed by atoms with Gasteiger partial charge in [-0.1, -0.05) is 17.3 Å². The second-order valence-electron chi connectivity index (χ2n) is 4.83. The summed E-state index contributed by atoms with van der Waals surface area (Å²) in [6, 6.07) is 4.56. The van der Waals surface area contributed by atoms with E-state index in [1.165, 1.54) is 19.1 Å². The smallest absolute Gasteiger partial charge is 0.416 e. The lowest BCUT2D eigenvalue weighted by molar-refractivity contribution is -0.166. The molecule has 21 heavy (non-hydrogen) atoms. The van der Waals surface area contributed by atoms with E-state index in [1.54, 1.807) is 6.92 Å². The maximum atomic E-state index is 12.5. The van der Waals surface area contributed by atoms with Gasteiger partial charge in [0.05, 0.1) is 17.9 Å². The van der Waals surface area contributed by atoms with Crippen LogP contribution >= 0.6 is 0 Å². The lowest BCUT2D eigenvalue weighted by Gasteiger charge is -2.18. The minimum absolute atomic E-state index is 0.150. The Kier molecular flexibility index (Phi) is 3.93. The summed E-state index contributed by atoms with van der Waals surface area (Å²) in [6.45, 7) is 3.42. The molecule has 0 radical (unpaired) electrons. The van der Waals surface area contributed by atoms with Crippen LogP contribution in [0.15, 0.2) is 29.4 Å². The van der Waals surface area contributed by atoms with Crippen LogP contribution in [0, 0.1) is 0 Å². The van der Waals surface area contributed by atoms with Gasteiger partial charge in [0.25, 0.3) is 0 Å². The van der Waals surface area contributed by atoms with Crippen LogP contribution in [0.1, 0.15) is 31.4 Å². The Morgan fingerprint density at radius 2 is 2.00 bits per heavy atom. The Morgan fingerprint density at radius 3 is 2.52 bits per heavy atom. The van der Waals surface area contributed by atoms with Crippen molar-refractivity contribution in [3.05, 3.63) is 35.4 Å². The third kappa shape index (κ3) is 3.17. The van der Waals surface area contributed by atoms with Crippen molar-refractivity contribution in [1.82, 2.24) is 0 Å². The molecule has 1 aromatic carbocycles. The maximum absolute atomic E-state index is 12.5. The van der Waals surface area contributed by atoms with E-state index in [4.69, 9.17) is 9.57 Å². The number of carbonyl (C=O) groups excluding carboxylic acids is 1. The molecular formula is C14H14F3NO3. The van der Waals surface area contributed by atoms with Crippen LogP contribution in [0.3, 0.4) is 0 Å². The molecule has 0 fully saturated rings. The van der Waals surface area contributed by atoms with Gasteiger partial charge >= 0.3 is 12.1 Å². The van der Waals surface area contributed by atoms with Crippen LogP contribution in [0.2, 0.25) is 0 Å². The molecule has 7 heteroatoms. The summed E-state index contributed by atoms with van der Waals surface area (Å²) < 4.78 is 42.4. The van der Waals surface area contributed by atoms with Gasteiger partial charge in [0.1, 0.15) is 0 Å². The zero-order valence-corrected chi connectivity index (χ0v) is 11.5. The van der Waals surface area contributed by atoms with E-state index in [-0.39, 0.29) is 13.0 Å². The molecule has 1 unspecified atom stereocenters. The summed E-state index contributed by atoms with van der Waals surface area (Å²) >= 11 is 0. The van der Waals surface area contributed by atoms with Crippen molar-refractivity contribution in [2.24, 2.45) is 5.16 Å². The number of ether oxygens (including phenoxy) is 1. The molecule has 0 spiro atoms. The maximum Gasteiger partial charge on any atom is 0.416 e. The molecule has 1 heterocycles. The normalized spacial score (nSPS) is 21.7. The standard InChI is InChI=1S/C14H14F3NO3/c1-3-20-12(19)13(2)8-11(18-21-13)9-4-6-10(7-5-9)14(15,16)17/h4-7H,3,8H2,1-2H3. The summed E-state index contributed by atoms with van der Waals surface area (Å²) in [4.78, 5) is 16.9. The molecule has 1 atom stereocenters. The fourth-order valence-electron chi connectivity index (χ4n) is 1.94. The number of benzene rings is 1. The van der Waals surface area contributed by atoms with Crippen LogP contribution in [0.4, 0.5) is 13.2 Å². The summed E-state index contributed by atoms with van der Waals surface area (Å²) in [5, 5.41) is 3.79. The highest BCUT2D eigenvalue weighted by molar-refractivity contribution is 6.04. The van der Waals surface area contributed by atoms with Crippen LogP contribution in [-0.2, 0) is 20.5 Å². The van der Waals surface area contributed by atoms with Gasteiger partial charge in [0, 0.05) is 6.42 Å². The third-order valence-electron chi connectivity index (χ3n) is 3.11. The molecule has 0 N–H and O–H groups in total. The molecule has 0 saturated heterocycles. The number of carbonyl (C=O) groups is 1. The lowest BCUT2D eigenvalue weighted by atomic mass is 9.95. The monoisotopic (exact) mass is 301 g/mol. The molecule has 114 valence electrons. The van der Waals surface area contributed by atoms with Crippen molar-refractivity contribution in [2.45, 2.75) is 32.0 Å². The number of halogens is 3. The number of hydrogen-bond acceptors (Lipinski definition) is 4. The second-order valence-corrected chi connectivity index (χ2v) is 4.83. The molecular weight excluding hydrogens is 287 g/mol. The molecule has 1 aromatic rings. The van der Waals surface area contributed by atoms with Crippen molar-refractivity contribution in [3.63, 3.8) is 0 Å². The number of nitrogens with zero attached hydrogens (tertiary/aromatic N) is 1. The Balaban J connectivity index is 2.13. The third-order valence-corrected chi connectivity index (χ3v) is 3.11. The Labute approximate surface area is 119 Å². The minimum Gasteiger partial charge on any atom is -0.463 e. The fraction of sp³-hybridized carbons (Fsp3) is 0.429. The van der Waals surface area contributed by atoms with Crippen LogP contribution in [-0.4, -0.2) is 23.9 Å². The van der Waals surface area contributed by atoms with E-state index in [1.807, 2.05) is 0 Å². The van der Waals surface area contributed by atoms with E-state index < -0.39 is 23.3 Å². The molecule has 0 aromatic heterocycles. The molecule has 0 saturated carbocycles. The fourth-order valence-corrected chi connectivity index (χ4v) is 1.94. The van der Waals surface area contributed by atoms with E-state index in [2.05, 4.69) is 5.16 Å². The summed E-state index contributed by atoms with van der Waals surface area (Å²) in [5.41, 5.74) is -1.07. The number of rotatable bonds is 3. The van der Waals surface area contributed by atoms with Gasteiger partial charge in [-0.05, 0) is 31.5 Å². The van der Waals surface area contributed by atoms with Gasteiger partial charge in [0.2, 0.25) is 5.60 Å². The Morgan fingerprint density at radius 1 is 1.38 bits per heavy atom. The van der Waals surface area contributed by atoms with E-state index in [0.717, 1.165) is 12.1 Å². The first-order valence-corrected chi connectivity index (χ1v) is 6.36. The average molecular weight is 301 g/mol. The number of alkyl halides is 3. The second kappa shape index (κ2) is 5.38. The highest BCUT2D eigenvalue weighted by Gasteiger charge is 2.43.